The number of halogens is 1. The van der Waals surface area contributed by atoms with Gasteiger partial charge in [-0.05, 0) is 202 Å². The van der Waals surface area contributed by atoms with Gasteiger partial charge in [0.15, 0.2) is 0 Å². The number of hydrogen-bond acceptors (Lipinski definition) is 16. The van der Waals surface area contributed by atoms with Crippen LogP contribution in [0.5, 0.6) is 0 Å². The number of carbonyl (C=O) groups excluding carboxylic acids is 9. The number of Topliss-reactive ketones (excluding diaryl/α,β-unsaturated/α-hetero) is 1. The van der Waals surface area contributed by atoms with E-state index in [2.05, 4.69) is 33.5 Å². The molecule has 22 nitrogen and oxygen atoms in total. The largest absolute Gasteiger partial charge is 0.444 e. The van der Waals surface area contributed by atoms with Crippen LogP contribution in [-0.4, -0.2) is 179 Å². The van der Waals surface area contributed by atoms with Crippen molar-refractivity contribution in [1.29, 1.82) is 0 Å². The van der Waals surface area contributed by atoms with Gasteiger partial charge in [-0.25, -0.2) is 28.8 Å². The zero-order valence-corrected chi connectivity index (χ0v) is 55.4. The molecule has 0 aliphatic rings. The van der Waals surface area contributed by atoms with Crippen molar-refractivity contribution in [3.05, 3.63) is 0 Å². The van der Waals surface area contributed by atoms with E-state index in [9.17, 15) is 33.6 Å². The summed E-state index contributed by atoms with van der Waals surface area (Å²) in [6.07, 6.45) is 6.52. The van der Waals surface area contributed by atoms with E-state index in [0.29, 0.717) is 123 Å². The van der Waals surface area contributed by atoms with Crippen LogP contribution in [0.15, 0.2) is 0 Å². The molecule has 0 aromatic heterocycles. The smallest absolute Gasteiger partial charge is 0.410 e. The second-order valence-electron chi connectivity index (χ2n) is 25.3. The number of nitrogens with two attached hydrogens (primary N) is 1. The Morgan fingerprint density at radius 3 is 0.840 bits per heavy atom. The van der Waals surface area contributed by atoms with Gasteiger partial charge in [-0.15, -0.1) is 0 Å². The molecule has 6 amide bonds. The van der Waals surface area contributed by atoms with E-state index < -0.39 is 58.0 Å². The Labute approximate surface area is 496 Å². The van der Waals surface area contributed by atoms with Gasteiger partial charge in [0.25, 0.3) is 0 Å². The van der Waals surface area contributed by atoms with Gasteiger partial charge in [0.05, 0.1) is 0 Å². The molecular formula is C58H112BrN7O15. The Kier molecular flexibility index (Phi) is 44.6. The van der Waals surface area contributed by atoms with Gasteiger partial charge in [-0.2, -0.15) is 9.59 Å². The average molecular weight is 1230 g/mol. The molecule has 0 heterocycles. The van der Waals surface area contributed by atoms with Crippen molar-refractivity contribution in [2.24, 2.45) is 5.73 Å². The predicted molar refractivity (Wildman–Crippen MR) is 319 cm³/mol. The number of nitrogens with zero attached hydrogens (tertiary/aromatic N) is 4. The van der Waals surface area contributed by atoms with Crippen molar-refractivity contribution < 1.29 is 71.6 Å². The molecule has 0 radical (unpaired) electrons. The minimum atomic E-state index is -0.625. The lowest BCUT2D eigenvalue weighted by atomic mass is 10.1. The number of ether oxygens (including phenoxy) is 6. The molecule has 0 saturated carbocycles. The standard InChI is InChI=1S/C29H55N3O7.C25H50N4O6.C3H7Br.CO2/c1-23(33)17-12-11-13-19-31(25(35)38-28(5,6)7)20-14-15-21-32(26(36)39-29(8,9)10)22-16-18-30-24(34)37-27(2,3)4;1-23(2,3)33-20(30)27-15-13-19-29(22(32)35-25(7,8)9)17-11-10-16-28(18-12-14-26)21(31)34-24(4,5)6;1-2-3-4;2-1-3/h11-22H2,1-10H3,(H,30,34);10-19,26H2,1-9H3,(H,27,30);2-3H2,1H3;. The van der Waals surface area contributed by atoms with Crippen molar-refractivity contribution in [2.45, 2.75) is 249 Å². The predicted octanol–water partition coefficient (Wildman–Crippen LogP) is 12.0. The summed E-state index contributed by atoms with van der Waals surface area (Å²) in [6.45, 7) is 41.6. The third kappa shape index (κ3) is 59.5. The van der Waals surface area contributed by atoms with Crippen LogP contribution >= 0.6 is 15.9 Å². The normalized spacial score (nSPS) is 11.4. The SMILES string of the molecule is CC(=O)CCCCCN(CCCCN(CCCNC(=O)OC(C)(C)C)C(=O)OC(C)(C)C)C(=O)OC(C)(C)C.CC(C)(C)OC(=O)NCCCN(CCCCN(CCCN)C(=O)OC(C)(C)C)C(=O)OC(C)(C)C.CCCBr.O=C=O. The van der Waals surface area contributed by atoms with E-state index in [-0.39, 0.29) is 24.1 Å². The second-order valence-corrected chi connectivity index (χ2v) is 26.1. The monoisotopic (exact) mass is 1230 g/mol. The Morgan fingerprint density at radius 1 is 0.407 bits per heavy atom. The summed E-state index contributed by atoms with van der Waals surface area (Å²) < 4.78 is 32.7. The highest BCUT2D eigenvalue weighted by molar-refractivity contribution is 9.09. The zero-order valence-electron chi connectivity index (χ0n) is 53.8. The van der Waals surface area contributed by atoms with Crippen molar-refractivity contribution in [3.8, 4) is 0 Å². The number of rotatable bonds is 28. The van der Waals surface area contributed by atoms with Crippen LogP contribution in [0.3, 0.4) is 0 Å². The van der Waals surface area contributed by atoms with Crippen LogP contribution in [0.25, 0.3) is 0 Å². The highest BCUT2D eigenvalue weighted by atomic mass is 79.9. The highest BCUT2D eigenvalue weighted by Gasteiger charge is 2.27. The number of amides is 6. The number of nitrogens with one attached hydrogen (secondary N) is 2. The molecule has 0 atom stereocenters. The maximum atomic E-state index is 12.8. The first kappa shape index (κ1) is 82.6. The van der Waals surface area contributed by atoms with E-state index in [1.807, 2.05) is 83.1 Å². The van der Waals surface area contributed by atoms with E-state index in [1.54, 1.807) is 68.1 Å². The average Bonchev–Trinajstić information content (AvgIpc) is 3.27. The van der Waals surface area contributed by atoms with Crippen LogP contribution in [-0.2, 0) is 42.8 Å². The van der Waals surface area contributed by atoms with Gasteiger partial charge in [-0.3, -0.25) is 0 Å². The molecule has 0 spiro atoms. The van der Waals surface area contributed by atoms with Gasteiger partial charge in [0.2, 0.25) is 0 Å². The van der Waals surface area contributed by atoms with E-state index in [0.717, 1.165) is 24.6 Å². The van der Waals surface area contributed by atoms with Gasteiger partial charge in [-0.1, -0.05) is 29.3 Å². The summed E-state index contributed by atoms with van der Waals surface area (Å²) in [6, 6.07) is 0. The topological polar surface area (TPSA) is 272 Å². The van der Waals surface area contributed by atoms with Gasteiger partial charge in [0, 0.05) is 77.2 Å². The Morgan fingerprint density at radius 2 is 0.630 bits per heavy atom. The van der Waals surface area contributed by atoms with E-state index in [4.69, 9.17) is 43.7 Å². The number of carbonyl (C=O) groups is 7. The Balaban J connectivity index is -0.000000658. The fourth-order valence-electron chi connectivity index (χ4n) is 6.38. The Bertz CT molecular complexity index is 1790. The lowest BCUT2D eigenvalue weighted by Crippen LogP contribution is -2.40. The molecule has 0 fully saturated rings. The van der Waals surface area contributed by atoms with Gasteiger partial charge < -0.3 is 69.2 Å². The molecule has 0 bridgehead atoms. The third-order valence-corrected chi connectivity index (χ3v) is 10.4. The molecule has 0 aromatic carbocycles. The number of hydrogen-bond donors (Lipinski definition) is 3. The highest BCUT2D eigenvalue weighted by Crippen LogP contribution is 2.17. The lowest BCUT2D eigenvalue weighted by Gasteiger charge is -2.29. The van der Waals surface area contributed by atoms with Gasteiger partial charge >= 0.3 is 42.7 Å². The summed E-state index contributed by atoms with van der Waals surface area (Å²) >= 11 is 3.25. The van der Waals surface area contributed by atoms with Crippen LogP contribution in [0.4, 0.5) is 28.8 Å². The van der Waals surface area contributed by atoms with Crippen LogP contribution in [0.1, 0.15) is 216 Å². The second kappa shape index (κ2) is 43.7. The van der Waals surface area contributed by atoms with Crippen molar-refractivity contribution in [1.82, 2.24) is 30.2 Å². The summed E-state index contributed by atoms with van der Waals surface area (Å²) in [4.78, 5) is 109. The third-order valence-electron chi connectivity index (χ3n) is 9.64. The number of alkyl carbamates (subject to hydrolysis) is 2. The molecule has 23 heteroatoms. The molecule has 81 heavy (non-hydrogen) atoms. The fraction of sp³-hybridized carbons (Fsp3) is 0.862. The minimum Gasteiger partial charge on any atom is -0.444 e. The summed E-state index contributed by atoms with van der Waals surface area (Å²) in [5.74, 6) is 0.175. The molecule has 0 aliphatic heterocycles. The van der Waals surface area contributed by atoms with Gasteiger partial charge in [0.1, 0.15) is 39.4 Å². The number of unbranched alkanes of at least 4 members (excludes halogenated alkanes) is 4. The van der Waals surface area contributed by atoms with Crippen molar-refractivity contribution in [2.75, 3.05) is 77.3 Å². The molecule has 0 rings (SSSR count). The van der Waals surface area contributed by atoms with Crippen molar-refractivity contribution in [3.63, 3.8) is 0 Å². The summed E-state index contributed by atoms with van der Waals surface area (Å²) in [5, 5.41) is 6.55. The zero-order chi connectivity index (χ0) is 63.7. The van der Waals surface area contributed by atoms with E-state index in [1.165, 1.54) is 6.42 Å². The summed E-state index contributed by atoms with van der Waals surface area (Å²) in [5.41, 5.74) is 2.08. The lowest BCUT2D eigenvalue weighted by molar-refractivity contribution is -0.191. The van der Waals surface area contributed by atoms with Crippen LogP contribution < -0.4 is 16.4 Å². The van der Waals surface area contributed by atoms with Crippen molar-refractivity contribution >= 4 is 64.4 Å². The first-order valence-corrected chi connectivity index (χ1v) is 29.8. The number of alkyl halides is 1. The molecule has 4 N–H and O–H groups in total. The summed E-state index contributed by atoms with van der Waals surface area (Å²) in [7, 11) is 0. The Hall–Kier alpha value is -4.89. The quantitative estimate of drug-likeness (QED) is 0.0373. The maximum Gasteiger partial charge on any atom is 0.410 e. The van der Waals surface area contributed by atoms with Crippen LogP contribution in [0.2, 0.25) is 0 Å². The minimum absolute atomic E-state index is 0.175. The number of ketones is 1. The molecule has 0 aromatic rings. The molecule has 0 aliphatic carbocycles. The van der Waals surface area contributed by atoms with Crippen LogP contribution in [0, 0.1) is 0 Å². The molecular weight excluding hydrogens is 1110 g/mol. The van der Waals surface area contributed by atoms with E-state index >= 15 is 0 Å². The maximum absolute atomic E-state index is 12.8. The fourth-order valence-corrected chi connectivity index (χ4v) is 6.38. The molecule has 0 saturated heterocycles. The molecule has 0 unspecified atom stereocenters. The molecule has 476 valence electrons. The first-order chi connectivity index (χ1) is 37.0. The first-order valence-electron chi connectivity index (χ1n) is 28.7.